The minimum absolute atomic E-state index is 0.107. The molecule has 3 N–H and O–H groups in total. The molecule has 0 aliphatic heterocycles. The van der Waals surface area contributed by atoms with Gasteiger partial charge < -0.3 is 5.32 Å². The molecule has 1 amide bonds. The molecule has 2 aromatic rings. The van der Waals surface area contributed by atoms with Crippen molar-refractivity contribution in [2.45, 2.75) is 26.7 Å². The number of aromatic nitrogens is 3. The van der Waals surface area contributed by atoms with Crippen molar-refractivity contribution in [3.05, 3.63) is 55.9 Å². The summed E-state index contributed by atoms with van der Waals surface area (Å²) < 4.78 is 0. The quantitative estimate of drug-likeness (QED) is 0.767. The van der Waals surface area contributed by atoms with Crippen LogP contribution in [0.3, 0.4) is 0 Å². The van der Waals surface area contributed by atoms with E-state index in [2.05, 4.69) is 20.5 Å². The first kappa shape index (κ1) is 14.7. The lowest BCUT2D eigenvalue weighted by molar-refractivity contribution is -0.116. The maximum absolute atomic E-state index is 11.9. The van der Waals surface area contributed by atoms with Crippen LogP contribution in [0.1, 0.15) is 23.2 Å². The second kappa shape index (κ2) is 6.17. The zero-order valence-corrected chi connectivity index (χ0v) is 11.8. The van der Waals surface area contributed by atoms with E-state index in [4.69, 9.17) is 0 Å². The molecule has 1 aromatic heterocycles. The number of amides is 1. The number of nitrogens with zero attached hydrogens (tertiary/aromatic N) is 1. The molecule has 1 heterocycles. The molecule has 7 heteroatoms. The molecular formula is C14H16N4O3. The number of aromatic amines is 2. The van der Waals surface area contributed by atoms with Gasteiger partial charge in [0.05, 0.1) is 0 Å². The average molecular weight is 288 g/mol. The van der Waals surface area contributed by atoms with Crippen LogP contribution in [0.15, 0.2) is 27.8 Å². The highest BCUT2D eigenvalue weighted by Crippen LogP contribution is 2.16. The van der Waals surface area contributed by atoms with E-state index < -0.39 is 11.2 Å². The van der Waals surface area contributed by atoms with Gasteiger partial charge in [-0.1, -0.05) is 17.7 Å². The van der Waals surface area contributed by atoms with Crippen molar-refractivity contribution in [2.24, 2.45) is 0 Å². The Kier molecular flexibility index (Phi) is 4.32. The Bertz CT molecular complexity index is 776. The molecule has 0 unspecified atom stereocenters. The number of nitrogens with one attached hydrogen (secondary N) is 3. The highest BCUT2D eigenvalue weighted by molar-refractivity contribution is 5.91. The predicted octanol–water partition coefficient (Wildman–Crippen LogP) is 0.646. The largest absolute Gasteiger partial charge is 0.342 e. The molecule has 7 nitrogen and oxygen atoms in total. The van der Waals surface area contributed by atoms with Crippen LogP contribution in [0.5, 0.6) is 0 Å². The predicted molar refractivity (Wildman–Crippen MR) is 78.3 cm³/mol. The van der Waals surface area contributed by atoms with Crippen molar-refractivity contribution in [2.75, 3.05) is 5.32 Å². The van der Waals surface area contributed by atoms with Gasteiger partial charge in [0, 0.05) is 18.5 Å². The maximum Gasteiger partial charge on any atom is 0.342 e. The highest BCUT2D eigenvalue weighted by Gasteiger charge is 2.08. The summed E-state index contributed by atoms with van der Waals surface area (Å²) in [6.45, 7) is 3.89. The molecule has 0 spiro atoms. The summed E-state index contributed by atoms with van der Waals surface area (Å²) in [7, 11) is 0. The van der Waals surface area contributed by atoms with Crippen LogP contribution in [-0.2, 0) is 11.2 Å². The van der Waals surface area contributed by atoms with Crippen LogP contribution in [0.2, 0.25) is 0 Å². The third-order valence-corrected chi connectivity index (χ3v) is 3.03. The Morgan fingerprint density at radius 1 is 1.29 bits per heavy atom. The zero-order chi connectivity index (χ0) is 15.4. The zero-order valence-electron chi connectivity index (χ0n) is 11.8. The number of H-pyrrole nitrogens is 2. The number of hydrogen-bond donors (Lipinski definition) is 3. The first-order valence-corrected chi connectivity index (χ1v) is 6.50. The van der Waals surface area contributed by atoms with E-state index in [9.17, 15) is 14.4 Å². The lowest BCUT2D eigenvalue weighted by atomic mass is 10.1. The van der Waals surface area contributed by atoms with Crippen molar-refractivity contribution in [3.63, 3.8) is 0 Å². The summed E-state index contributed by atoms with van der Waals surface area (Å²) in [5, 5.41) is 8.55. The summed E-state index contributed by atoms with van der Waals surface area (Å²) in [6, 6.07) is 5.73. The fraction of sp³-hybridized carbons (Fsp3) is 0.286. The van der Waals surface area contributed by atoms with Crippen LogP contribution in [0, 0.1) is 13.8 Å². The van der Waals surface area contributed by atoms with Crippen LogP contribution in [-0.4, -0.2) is 21.1 Å². The second-order valence-electron chi connectivity index (χ2n) is 4.82. The molecule has 0 fully saturated rings. The first-order valence-electron chi connectivity index (χ1n) is 6.50. The Morgan fingerprint density at radius 2 is 2.05 bits per heavy atom. The molecule has 0 radical (unpaired) electrons. The van der Waals surface area contributed by atoms with E-state index >= 15 is 0 Å². The summed E-state index contributed by atoms with van der Waals surface area (Å²) in [6.07, 6.45) is 0.262. The molecule has 0 atom stereocenters. The molecule has 0 bridgehead atoms. The monoisotopic (exact) mass is 288 g/mol. The van der Waals surface area contributed by atoms with Crippen molar-refractivity contribution < 1.29 is 4.79 Å². The van der Waals surface area contributed by atoms with Gasteiger partial charge in [0.15, 0.2) is 0 Å². The van der Waals surface area contributed by atoms with E-state index in [-0.39, 0.29) is 24.4 Å². The molecule has 0 saturated carbocycles. The van der Waals surface area contributed by atoms with Crippen LogP contribution in [0.4, 0.5) is 5.69 Å². The fourth-order valence-corrected chi connectivity index (χ4v) is 1.94. The lowest BCUT2D eigenvalue weighted by Gasteiger charge is -2.08. The Labute approximate surface area is 120 Å². The standard InChI is InChI=1S/C14H16N4O3/c1-8-3-4-10(9(2)7-8)15-12(19)6-5-11-13(20)16-14(21)18-17-11/h3-4,7H,5-6H2,1-2H3,(H,15,19)(H2,16,18,20,21). The van der Waals surface area contributed by atoms with Crippen molar-refractivity contribution in [3.8, 4) is 0 Å². The van der Waals surface area contributed by atoms with Crippen LogP contribution < -0.4 is 16.6 Å². The van der Waals surface area contributed by atoms with Crippen molar-refractivity contribution >= 4 is 11.6 Å². The topological polar surface area (TPSA) is 108 Å². The number of rotatable bonds is 4. The molecule has 110 valence electrons. The van der Waals surface area contributed by atoms with Gasteiger partial charge in [-0.2, -0.15) is 5.10 Å². The number of benzene rings is 1. The lowest BCUT2D eigenvalue weighted by Crippen LogP contribution is -2.28. The van der Waals surface area contributed by atoms with Crippen LogP contribution in [0.25, 0.3) is 0 Å². The second-order valence-corrected chi connectivity index (χ2v) is 4.82. The number of hydrogen-bond acceptors (Lipinski definition) is 4. The van der Waals surface area contributed by atoms with E-state index in [0.717, 1.165) is 16.8 Å². The van der Waals surface area contributed by atoms with E-state index in [1.807, 2.05) is 32.0 Å². The summed E-state index contributed by atoms with van der Waals surface area (Å²) in [5.74, 6) is -0.214. The van der Waals surface area contributed by atoms with Gasteiger partial charge in [0.2, 0.25) is 5.91 Å². The van der Waals surface area contributed by atoms with Gasteiger partial charge in [0.1, 0.15) is 5.69 Å². The van der Waals surface area contributed by atoms with Gasteiger partial charge in [-0.15, -0.1) is 0 Å². The van der Waals surface area contributed by atoms with E-state index in [1.54, 1.807) is 0 Å². The highest BCUT2D eigenvalue weighted by atomic mass is 16.2. The molecule has 2 rings (SSSR count). The van der Waals surface area contributed by atoms with Gasteiger partial charge in [0.25, 0.3) is 5.56 Å². The first-order chi connectivity index (χ1) is 9.95. The number of anilines is 1. The fourth-order valence-electron chi connectivity index (χ4n) is 1.94. The van der Waals surface area contributed by atoms with Crippen molar-refractivity contribution in [1.29, 1.82) is 0 Å². The SMILES string of the molecule is Cc1ccc(NC(=O)CCc2n[nH]c(=O)[nH]c2=O)c(C)c1. The van der Waals surface area contributed by atoms with Crippen molar-refractivity contribution in [1.82, 2.24) is 15.2 Å². The third kappa shape index (κ3) is 3.88. The molecule has 0 saturated heterocycles. The van der Waals surface area contributed by atoms with Crippen LogP contribution >= 0.6 is 0 Å². The molecule has 21 heavy (non-hydrogen) atoms. The summed E-state index contributed by atoms with van der Waals surface area (Å²) >= 11 is 0. The van der Waals surface area contributed by atoms with Gasteiger partial charge in [-0.05, 0) is 25.5 Å². The summed E-state index contributed by atoms with van der Waals surface area (Å²) in [5.41, 5.74) is 1.73. The van der Waals surface area contributed by atoms with Gasteiger partial charge >= 0.3 is 5.69 Å². The Balaban J connectivity index is 1.99. The number of carbonyl (C=O) groups excluding carboxylic acids is 1. The number of carbonyl (C=O) groups is 1. The Hall–Kier alpha value is -2.70. The summed E-state index contributed by atoms with van der Waals surface area (Å²) in [4.78, 5) is 36.2. The maximum atomic E-state index is 11.9. The van der Waals surface area contributed by atoms with Gasteiger partial charge in [-0.3, -0.25) is 14.6 Å². The molecule has 1 aromatic carbocycles. The smallest absolute Gasteiger partial charge is 0.326 e. The molecular weight excluding hydrogens is 272 g/mol. The minimum Gasteiger partial charge on any atom is -0.326 e. The van der Waals surface area contributed by atoms with E-state index in [0.29, 0.717) is 0 Å². The number of aryl methyl sites for hydroxylation is 3. The normalized spacial score (nSPS) is 10.4. The third-order valence-electron chi connectivity index (χ3n) is 3.03. The minimum atomic E-state index is -0.663. The Morgan fingerprint density at radius 3 is 2.71 bits per heavy atom. The average Bonchev–Trinajstić information content (AvgIpc) is 2.41. The molecule has 0 aliphatic carbocycles. The van der Waals surface area contributed by atoms with Gasteiger partial charge in [-0.25, -0.2) is 9.89 Å². The molecule has 0 aliphatic rings. The van der Waals surface area contributed by atoms with E-state index in [1.165, 1.54) is 0 Å².